The minimum Gasteiger partial charge on any atom is -0.336 e. The summed E-state index contributed by atoms with van der Waals surface area (Å²) in [5, 5.41) is 0. The molecule has 0 saturated carbocycles. The van der Waals surface area contributed by atoms with Crippen LogP contribution in [0.15, 0.2) is 42.5 Å². The quantitative estimate of drug-likeness (QED) is 0.900. The van der Waals surface area contributed by atoms with E-state index >= 15 is 0 Å². The third-order valence-corrected chi connectivity index (χ3v) is 4.03. The Labute approximate surface area is 119 Å². The highest BCUT2D eigenvalue weighted by Crippen LogP contribution is 2.37. The summed E-state index contributed by atoms with van der Waals surface area (Å²) in [6.07, 6.45) is 2.09. The van der Waals surface area contributed by atoms with Gasteiger partial charge in [-0.15, -0.1) is 0 Å². The first-order valence-electron chi connectivity index (χ1n) is 7.06. The summed E-state index contributed by atoms with van der Waals surface area (Å²) in [6, 6.07) is 13.8. The van der Waals surface area contributed by atoms with Gasteiger partial charge in [0.25, 0.3) is 0 Å². The molecule has 0 spiro atoms. The minimum absolute atomic E-state index is 0.198. The molecule has 3 rings (SSSR count). The molecule has 2 aromatic carbocycles. The van der Waals surface area contributed by atoms with E-state index in [1.54, 1.807) is 6.07 Å². The second-order valence-electron chi connectivity index (χ2n) is 5.38. The maximum Gasteiger partial charge on any atom is 0.147 e. The van der Waals surface area contributed by atoms with E-state index in [4.69, 9.17) is 5.73 Å². The Morgan fingerprint density at radius 2 is 2.00 bits per heavy atom. The summed E-state index contributed by atoms with van der Waals surface area (Å²) >= 11 is 0. The van der Waals surface area contributed by atoms with Crippen molar-refractivity contribution in [1.29, 1.82) is 0 Å². The van der Waals surface area contributed by atoms with Gasteiger partial charge in [0.15, 0.2) is 0 Å². The fourth-order valence-electron chi connectivity index (χ4n) is 2.93. The van der Waals surface area contributed by atoms with Crippen molar-refractivity contribution in [2.24, 2.45) is 5.73 Å². The number of hydrogen-bond donors (Lipinski definition) is 1. The monoisotopic (exact) mass is 270 g/mol. The molecule has 3 heteroatoms. The number of benzene rings is 2. The van der Waals surface area contributed by atoms with E-state index in [1.807, 2.05) is 24.3 Å². The molecule has 0 radical (unpaired) electrons. The first-order valence-corrected chi connectivity index (χ1v) is 7.06. The number of fused-ring (bicyclic) bond motifs is 1. The SMILES string of the molecule is CC1CCc2ccccc2N1c1ccc(CN)cc1F. The van der Waals surface area contributed by atoms with Gasteiger partial charge in [0.05, 0.1) is 5.69 Å². The molecule has 1 unspecified atom stereocenters. The molecule has 0 aromatic heterocycles. The molecule has 20 heavy (non-hydrogen) atoms. The van der Waals surface area contributed by atoms with Crippen molar-refractivity contribution in [3.05, 3.63) is 59.4 Å². The zero-order chi connectivity index (χ0) is 14.1. The number of nitrogens with two attached hydrogens (primary N) is 1. The Balaban J connectivity index is 2.09. The van der Waals surface area contributed by atoms with Gasteiger partial charge in [0.1, 0.15) is 5.82 Å². The third kappa shape index (κ3) is 2.18. The summed E-state index contributed by atoms with van der Waals surface area (Å²) in [6.45, 7) is 2.51. The first kappa shape index (κ1) is 13.1. The van der Waals surface area contributed by atoms with Gasteiger partial charge in [-0.05, 0) is 49.1 Å². The molecule has 0 aliphatic carbocycles. The highest BCUT2D eigenvalue weighted by Gasteiger charge is 2.25. The molecule has 1 atom stereocenters. The molecular weight excluding hydrogens is 251 g/mol. The molecule has 104 valence electrons. The molecular formula is C17H19FN2. The molecule has 1 heterocycles. The van der Waals surface area contributed by atoms with Crippen LogP contribution in [0, 0.1) is 5.82 Å². The van der Waals surface area contributed by atoms with E-state index in [0.29, 0.717) is 18.3 Å². The topological polar surface area (TPSA) is 29.3 Å². The normalized spacial score (nSPS) is 17.9. The van der Waals surface area contributed by atoms with E-state index in [2.05, 4.69) is 24.0 Å². The van der Waals surface area contributed by atoms with E-state index in [-0.39, 0.29) is 5.82 Å². The van der Waals surface area contributed by atoms with Crippen molar-refractivity contribution < 1.29 is 4.39 Å². The number of halogens is 1. The summed E-state index contributed by atoms with van der Waals surface area (Å²) in [5.74, 6) is -0.198. The highest BCUT2D eigenvalue weighted by molar-refractivity contribution is 5.69. The fraction of sp³-hybridized carbons (Fsp3) is 0.294. The Kier molecular flexibility index (Phi) is 3.45. The lowest BCUT2D eigenvalue weighted by atomic mass is 9.95. The van der Waals surface area contributed by atoms with Gasteiger partial charge in [0, 0.05) is 18.3 Å². The Morgan fingerprint density at radius 1 is 1.20 bits per heavy atom. The van der Waals surface area contributed by atoms with Gasteiger partial charge in [-0.3, -0.25) is 0 Å². The van der Waals surface area contributed by atoms with Gasteiger partial charge in [-0.1, -0.05) is 24.3 Å². The number of aryl methyl sites for hydroxylation is 1. The molecule has 0 bridgehead atoms. The molecule has 1 aliphatic heterocycles. The number of anilines is 2. The predicted octanol–water partition coefficient (Wildman–Crippen LogP) is 3.76. The van der Waals surface area contributed by atoms with Crippen LogP contribution in [0.5, 0.6) is 0 Å². The van der Waals surface area contributed by atoms with Gasteiger partial charge in [-0.2, -0.15) is 0 Å². The molecule has 0 saturated heterocycles. The van der Waals surface area contributed by atoms with Crippen LogP contribution < -0.4 is 10.6 Å². The summed E-state index contributed by atoms with van der Waals surface area (Å²) in [4.78, 5) is 2.11. The molecule has 2 aromatic rings. The predicted molar refractivity (Wildman–Crippen MR) is 80.7 cm³/mol. The van der Waals surface area contributed by atoms with Crippen molar-refractivity contribution in [1.82, 2.24) is 0 Å². The van der Waals surface area contributed by atoms with Crippen LogP contribution in [0.2, 0.25) is 0 Å². The molecule has 2 nitrogen and oxygen atoms in total. The van der Waals surface area contributed by atoms with Gasteiger partial charge < -0.3 is 10.6 Å². The summed E-state index contributed by atoms with van der Waals surface area (Å²) in [5.41, 5.74) is 9.44. The fourth-order valence-corrected chi connectivity index (χ4v) is 2.93. The highest BCUT2D eigenvalue weighted by atomic mass is 19.1. The minimum atomic E-state index is -0.198. The lowest BCUT2D eigenvalue weighted by molar-refractivity contribution is 0.583. The second-order valence-corrected chi connectivity index (χ2v) is 5.38. The van der Waals surface area contributed by atoms with Crippen molar-refractivity contribution in [2.45, 2.75) is 32.4 Å². The zero-order valence-corrected chi connectivity index (χ0v) is 11.6. The smallest absolute Gasteiger partial charge is 0.147 e. The largest absolute Gasteiger partial charge is 0.336 e. The number of hydrogen-bond acceptors (Lipinski definition) is 2. The van der Waals surface area contributed by atoms with Crippen molar-refractivity contribution >= 4 is 11.4 Å². The van der Waals surface area contributed by atoms with Crippen LogP contribution in [0.1, 0.15) is 24.5 Å². The van der Waals surface area contributed by atoms with Crippen LogP contribution in [-0.4, -0.2) is 6.04 Å². The standard InChI is InChI=1S/C17H19FN2/c1-12-6-8-14-4-2-3-5-16(14)20(12)17-9-7-13(11-19)10-15(17)18/h2-5,7,9-10,12H,6,8,11,19H2,1H3. The average molecular weight is 270 g/mol. The Morgan fingerprint density at radius 3 is 2.75 bits per heavy atom. The first-order chi connectivity index (χ1) is 9.70. The zero-order valence-electron chi connectivity index (χ0n) is 11.6. The van der Waals surface area contributed by atoms with Gasteiger partial charge in [0.2, 0.25) is 0 Å². The lowest BCUT2D eigenvalue weighted by Crippen LogP contribution is -2.33. The number of para-hydroxylation sites is 1. The number of nitrogens with zero attached hydrogens (tertiary/aromatic N) is 1. The second kappa shape index (κ2) is 5.25. The van der Waals surface area contributed by atoms with E-state index in [9.17, 15) is 4.39 Å². The van der Waals surface area contributed by atoms with E-state index in [1.165, 1.54) is 5.56 Å². The molecule has 0 amide bonds. The van der Waals surface area contributed by atoms with Crippen LogP contribution in [0.25, 0.3) is 0 Å². The van der Waals surface area contributed by atoms with Crippen molar-refractivity contribution in [3.8, 4) is 0 Å². The van der Waals surface area contributed by atoms with Crippen LogP contribution >= 0.6 is 0 Å². The van der Waals surface area contributed by atoms with E-state index in [0.717, 1.165) is 24.1 Å². The van der Waals surface area contributed by atoms with Crippen LogP contribution in [0.3, 0.4) is 0 Å². The van der Waals surface area contributed by atoms with E-state index < -0.39 is 0 Å². The lowest BCUT2D eigenvalue weighted by Gasteiger charge is -2.37. The third-order valence-electron chi connectivity index (χ3n) is 4.03. The molecule has 0 fully saturated rings. The molecule has 1 aliphatic rings. The van der Waals surface area contributed by atoms with Crippen molar-refractivity contribution in [2.75, 3.05) is 4.90 Å². The maximum atomic E-state index is 14.4. The van der Waals surface area contributed by atoms with Crippen molar-refractivity contribution in [3.63, 3.8) is 0 Å². The Hall–Kier alpha value is -1.87. The number of rotatable bonds is 2. The summed E-state index contributed by atoms with van der Waals surface area (Å²) < 4.78 is 14.4. The van der Waals surface area contributed by atoms with Gasteiger partial charge >= 0.3 is 0 Å². The molecule has 2 N–H and O–H groups in total. The average Bonchev–Trinajstić information content (AvgIpc) is 2.48. The van der Waals surface area contributed by atoms with Crippen LogP contribution in [0.4, 0.5) is 15.8 Å². The van der Waals surface area contributed by atoms with Crippen LogP contribution in [-0.2, 0) is 13.0 Å². The summed E-state index contributed by atoms with van der Waals surface area (Å²) in [7, 11) is 0. The Bertz CT molecular complexity index is 624. The van der Waals surface area contributed by atoms with Gasteiger partial charge in [-0.25, -0.2) is 4.39 Å². The maximum absolute atomic E-state index is 14.4.